The van der Waals surface area contributed by atoms with Gasteiger partial charge in [0, 0.05) is 11.4 Å². The molecule has 0 saturated heterocycles. The molecule has 2 aromatic rings. The fraction of sp³-hybridized carbons (Fsp3) is 0.130. The smallest absolute Gasteiger partial charge is 0.340 e. The Kier molecular flexibility index (Phi) is 5.75. The molecule has 5 heteroatoms. The number of ether oxygens (including phenoxy) is 2. The number of hydrogen-bond donors (Lipinski definition) is 0. The van der Waals surface area contributed by atoms with Gasteiger partial charge in [0.2, 0.25) is 0 Å². The zero-order chi connectivity index (χ0) is 20.1. The van der Waals surface area contributed by atoms with Crippen LogP contribution in [-0.2, 0) is 14.3 Å². The molecule has 28 heavy (non-hydrogen) atoms. The van der Waals surface area contributed by atoms with E-state index in [0.717, 1.165) is 5.56 Å². The maximum absolute atomic E-state index is 13.1. The fourth-order valence-electron chi connectivity index (χ4n) is 3.05. The molecule has 0 N–H and O–H groups in total. The summed E-state index contributed by atoms with van der Waals surface area (Å²) in [5, 5.41) is 0. The number of esters is 1. The number of rotatable bonds is 6. The Bertz CT molecular complexity index is 956. The Morgan fingerprint density at radius 2 is 1.79 bits per heavy atom. The van der Waals surface area contributed by atoms with Crippen molar-refractivity contribution in [1.29, 1.82) is 0 Å². The molecule has 1 heterocycles. The zero-order valence-electron chi connectivity index (χ0n) is 15.8. The molecule has 5 nitrogen and oxygen atoms in total. The first-order valence-electron chi connectivity index (χ1n) is 8.81. The normalized spacial score (nSPS) is 15.1. The Labute approximate surface area is 164 Å². The molecule has 2 aromatic carbocycles. The van der Waals surface area contributed by atoms with Crippen molar-refractivity contribution < 1.29 is 19.1 Å². The zero-order valence-corrected chi connectivity index (χ0v) is 15.8. The second-order valence-electron chi connectivity index (χ2n) is 6.15. The van der Waals surface area contributed by atoms with E-state index in [0.29, 0.717) is 29.3 Å². The minimum absolute atomic E-state index is 0.267. The topological polar surface area (TPSA) is 55.8 Å². The van der Waals surface area contributed by atoms with Crippen molar-refractivity contribution >= 4 is 23.6 Å². The SMILES string of the molecule is C=CCOc1ccc(/C=C2\C(=O)N(c3ccccc3)C(C)=C2C(=O)OC)cc1. The number of amides is 1. The highest BCUT2D eigenvalue weighted by Gasteiger charge is 2.37. The third-order valence-electron chi connectivity index (χ3n) is 4.36. The first-order chi connectivity index (χ1) is 13.6. The summed E-state index contributed by atoms with van der Waals surface area (Å²) in [6, 6.07) is 16.5. The molecule has 3 rings (SSSR count). The Hall–Kier alpha value is -3.60. The molecule has 0 aliphatic carbocycles. The van der Waals surface area contributed by atoms with E-state index in [1.165, 1.54) is 12.0 Å². The predicted octanol–water partition coefficient (Wildman–Crippen LogP) is 4.13. The minimum atomic E-state index is -0.540. The van der Waals surface area contributed by atoms with Crippen molar-refractivity contribution in [3.8, 4) is 5.75 Å². The van der Waals surface area contributed by atoms with Crippen LogP contribution in [0.15, 0.2) is 84.1 Å². The van der Waals surface area contributed by atoms with Gasteiger partial charge >= 0.3 is 5.97 Å². The van der Waals surface area contributed by atoms with Crippen molar-refractivity contribution in [1.82, 2.24) is 0 Å². The second kappa shape index (κ2) is 8.39. The summed E-state index contributed by atoms with van der Waals surface area (Å²) in [4.78, 5) is 27.1. The van der Waals surface area contributed by atoms with Gasteiger partial charge in [-0.2, -0.15) is 0 Å². The van der Waals surface area contributed by atoms with Crippen LogP contribution in [-0.4, -0.2) is 25.6 Å². The van der Waals surface area contributed by atoms with E-state index in [4.69, 9.17) is 9.47 Å². The second-order valence-corrected chi connectivity index (χ2v) is 6.15. The van der Waals surface area contributed by atoms with Crippen LogP contribution >= 0.6 is 0 Å². The average Bonchev–Trinajstić information content (AvgIpc) is 2.97. The number of allylic oxidation sites excluding steroid dienone is 1. The monoisotopic (exact) mass is 375 g/mol. The average molecular weight is 375 g/mol. The van der Waals surface area contributed by atoms with E-state index < -0.39 is 5.97 Å². The number of nitrogens with zero attached hydrogens (tertiary/aromatic N) is 1. The van der Waals surface area contributed by atoms with Gasteiger partial charge in [-0.25, -0.2) is 4.79 Å². The molecule has 0 bridgehead atoms. The summed E-state index contributed by atoms with van der Waals surface area (Å²) < 4.78 is 10.4. The predicted molar refractivity (Wildman–Crippen MR) is 109 cm³/mol. The highest BCUT2D eigenvalue weighted by Crippen LogP contribution is 2.35. The number of carbonyl (C=O) groups excluding carboxylic acids is 2. The van der Waals surface area contributed by atoms with Crippen molar-refractivity contribution in [2.45, 2.75) is 6.92 Å². The summed E-state index contributed by atoms with van der Waals surface area (Å²) in [6.45, 7) is 5.77. The molecule has 0 atom stereocenters. The van der Waals surface area contributed by atoms with E-state index in [1.807, 2.05) is 42.5 Å². The number of carbonyl (C=O) groups is 2. The Balaban J connectivity index is 2.01. The van der Waals surface area contributed by atoms with Gasteiger partial charge in [-0.3, -0.25) is 9.69 Å². The van der Waals surface area contributed by atoms with E-state index in [1.54, 1.807) is 31.2 Å². The molecule has 142 valence electrons. The van der Waals surface area contributed by atoms with E-state index in [2.05, 4.69) is 6.58 Å². The van der Waals surface area contributed by atoms with Gasteiger partial charge in [0.25, 0.3) is 5.91 Å². The molecule has 1 amide bonds. The maximum Gasteiger partial charge on any atom is 0.340 e. The van der Waals surface area contributed by atoms with Gasteiger partial charge in [0.1, 0.15) is 12.4 Å². The summed E-state index contributed by atoms with van der Waals surface area (Å²) in [5.41, 5.74) is 2.58. The van der Waals surface area contributed by atoms with Crippen LogP contribution in [0, 0.1) is 0 Å². The van der Waals surface area contributed by atoms with Gasteiger partial charge in [-0.1, -0.05) is 43.0 Å². The largest absolute Gasteiger partial charge is 0.490 e. The number of benzene rings is 2. The molecular weight excluding hydrogens is 354 g/mol. The standard InChI is InChI=1S/C23H21NO4/c1-4-14-28-19-12-10-17(11-13-19)15-20-21(23(26)27-3)16(2)24(22(20)25)18-8-6-5-7-9-18/h4-13,15H,1,14H2,2-3H3/b20-15-. The van der Waals surface area contributed by atoms with Gasteiger partial charge in [0.05, 0.1) is 18.3 Å². The Morgan fingerprint density at radius 3 is 2.39 bits per heavy atom. The van der Waals surface area contributed by atoms with Crippen LogP contribution in [0.25, 0.3) is 6.08 Å². The van der Waals surface area contributed by atoms with Crippen LogP contribution in [0.5, 0.6) is 5.75 Å². The summed E-state index contributed by atoms with van der Waals surface area (Å²) in [5.74, 6) is -0.108. The number of anilines is 1. The van der Waals surface area contributed by atoms with Crippen LogP contribution < -0.4 is 9.64 Å². The molecule has 0 unspecified atom stereocenters. The number of para-hydroxylation sites is 1. The lowest BCUT2D eigenvalue weighted by atomic mass is 10.0. The minimum Gasteiger partial charge on any atom is -0.490 e. The molecule has 0 aromatic heterocycles. The van der Waals surface area contributed by atoms with Crippen LogP contribution in [0.2, 0.25) is 0 Å². The van der Waals surface area contributed by atoms with E-state index in [-0.39, 0.29) is 11.5 Å². The summed E-state index contributed by atoms with van der Waals surface area (Å²) >= 11 is 0. The Morgan fingerprint density at radius 1 is 1.11 bits per heavy atom. The van der Waals surface area contributed by atoms with Crippen molar-refractivity contribution in [2.75, 3.05) is 18.6 Å². The van der Waals surface area contributed by atoms with Crippen LogP contribution in [0.4, 0.5) is 5.69 Å². The van der Waals surface area contributed by atoms with Crippen molar-refractivity contribution in [3.05, 3.63) is 89.7 Å². The van der Waals surface area contributed by atoms with E-state index >= 15 is 0 Å². The first kappa shape index (κ1) is 19.2. The molecule has 1 aliphatic heterocycles. The molecule has 0 spiro atoms. The van der Waals surface area contributed by atoms with Gasteiger partial charge in [-0.15, -0.1) is 0 Å². The molecular formula is C23H21NO4. The van der Waals surface area contributed by atoms with Gasteiger partial charge in [0.15, 0.2) is 0 Å². The third-order valence-corrected chi connectivity index (χ3v) is 4.36. The lowest BCUT2D eigenvalue weighted by Crippen LogP contribution is -2.24. The number of hydrogen-bond acceptors (Lipinski definition) is 4. The van der Waals surface area contributed by atoms with Crippen LogP contribution in [0.3, 0.4) is 0 Å². The molecule has 0 radical (unpaired) electrons. The van der Waals surface area contributed by atoms with Gasteiger partial charge < -0.3 is 9.47 Å². The maximum atomic E-state index is 13.1. The lowest BCUT2D eigenvalue weighted by molar-refractivity contribution is -0.136. The van der Waals surface area contributed by atoms with Crippen molar-refractivity contribution in [2.24, 2.45) is 0 Å². The lowest BCUT2D eigenvalue weighted by Gasteiger charge is -2.17. The third kappa shape index (κ3) is 3.74. The number of methoxy groups -OCH3 is 1. The highest BCUT2D eigenvalue weighted by atomic mass is 16.5. The molecule has 0 fully saturated rings. The highest BCUT2D eigenvalue weighted by molar-refractivity contribution is 6.23. The summed E-state index contributed by atoms with van der Waals surface area (Å²) in [7, 11) is 1.31. The quantitative estimate of drug-likeness (QED) is 0.433. The molecule has 1 aliphatic rings. The van der Waals surface area contributed by atoms with Gasteiger partial charge in [-0.05, 0) is 42.8 Å². The summed E-state index contributed by atoms with van der Waals surface area (Å²) in [6.07, 6.45) is 3.36. The molecule has 0 saturated carbocycles. The fourth-order valence-corrected chi connectivity index (χ4v) is 3.05. The van der Waals surface area contributed by atoms with Crippen molar-refractivity contribution in [3.63, 3.8) is 0 Å². The first-order valence-corrected chi connectivity index (χ1v) is 8.81. The van der Waals surface area contributed by atoms with Crippen LogP contribution in [0.1, 0.15) is 12.5 Å². The van der Waals surface area contributed by atoms with E-state index in [9.17, 15) is 9.59 Å².